The molecular formula is C24H24N4O2. The van der Waals surface area contributed by atoms with Crippen LogP contribution in [0, 0.1) is 20.8 Å². The van der Waals surface area contributed by atoms with Gasteiger partial charge in [-0.25, -0.2) is 9.67 Å². The Morgan fingerprint density at radius 2 is 1.83 bits per heavy atom. The molecule has 0 saturated heterocycles. The molecular weight excluding hydrogens is 376 g/mol. The summed E-state index contributed by atoms with van der Waals surface area (Å²) < 4.78 is 6.92. The highest BCUT2D eigenvalue weighted by Crippen LogP contribution is 2.31. The summed E-state index contributed by atoms with van der Waals surface area (Å²) >= 11 is 0. The van der Waals surface area contributed by atoms with Crippen LogP contribution in [0.15, 0.2) is 54.7 Å². The normalized spacial score (nSPS) is 10.9. The maximum atomic E-state index is 12.7. The topological polar surface area (TPSA) is 69.0 Å². The number of nitrogens with zero attached hydrogens (tertiary/aromatic N) is 3. The van der Waals surface area contributed by atoms with Crippen LogP contribution >= 0.6 is 0 Å². The number of fused-ring (bicyclic) bond motifs is 1. The van der Waals surface area contributed by atoms with Gasteiger partial charge in [-0.3, -0.25) is 4.79 Å². The van der Waals surface area contributed by atoms with Crippen LogP contribution in [0.2, 0.25) is 0 Å². The number of methoxy groups -OCH3 is 1. The van der Waals surface area contributed by atoms with Gasteiger partial charge in [-0.2, -0.15) is 5.10 Å². The third-order valence-electron chi connectivity index (χ3n) is 5.38. The Morgan fingerprint density at radius 1 is 1.07 bits per heavy atom. The number of carbonyl (C=O) groups is 1. The van der Waals surface area contributed by atoms with Crippen LogP contribution in [0.5, 0.6) is 5.75 Å². The van der Waals surface area contributed by atoms with E-state index in [-0.39, 0.29) is 12.5 Å². The van der Waals surface area contributed by atoms with Crippen molar-refractivity contribution in [2.75, 3.05) is 12.4 Å². The number of nitrogens with one attached hydrogen (secondary N) is 1. The highest BCUT2D eigenvalue weighted by Gasteiger charge is 2.16. The number of aromatic nitrogens is 3. The van der Waals surface area contributed by atoms with Crippen LogP contribution in [0.4, 0.5) is 5.69 Å². The lowest BCUT2D eigenvalue weighted by atomic mass is 10.0. The molecule has 0 aliphatic carbocycles. The lowest BCUT2D eigenvalue weighted by Gasteiger charge is -2.10. The third-order valence-corrected chi connectivity index (χ3v) is 5.38. The minimum absolute atomic E-state index is 0.0940. The van der Waals surface area contributed by atoms with Gasteiger partial charge in [0, 0.05) is 17.3 Å². The highest BCUT2D eigenvalue weighted by atomic mass is 16.5. The number of ether oxygens (including phenoxy) is 1. The zero-order chi connectivity index (χ0) is 21.3. The van der Waals surface area contributed by atoms with Gasteiger partial charge in [0.2, 0.25) is 5.91 Å². The fourth-order valence-corrected chi connectivity index (χ4v) is 3.62. The van der Waals surface area contributed by atoms with Crippen molar-refractivity contribution < 1.29 is 9.53 Å². The first-order valence-electron chi connectivity index (χ1n) is 9.80. The largest absolute Gasteiger partial charge is 0.497 e. The minimum atomic E-state index is -0.134. The molecule has 0 unspecified atom stereocenters. The van der Waals surface area contributed by atoms with Gasteiger partial charge < -0.3 is 10.1 Å². The van der Waals surface area contributed by atoms with Crippen molar-refractivity contribution in [2.24, 2.45) is 0 Å². The Bertz CT molecular complexity index is 1230. The van der Waals surface area contributed by atoms with Crippen LogP contribution in [0.3, 0.4) is 0 Å². The molecule has 0 fully saturated rings. The van der Waals surface area contributed by atoms with E-state index in [1.54, 1.807) is 18.0 Å². The van der Waals surface area contributed by atoms with Crippen molar-refractivity contribution >= 4 is 22.6 Å². The summed E-state index contributed by atoms with van der Waals surface area (Å²) in [5, 5.41) is 8.54. The summed E-state index contributed by atoms with van der Waals surface area (Å²) in [6.07, 6.45) is 1.75. The van der Waals surface area contributed by atoms with Gasteiger partial charge in [0.25, 0.3) is 0 Å². The number of amides is 1. The number of pyridine rings is 1. The zero-order valence-corrected chi connectivity index (χ0v) is 17.6. The zero-order valence-electron chi connectivity index (χ0n) is 17.6. The smallest absolute Gasteiger partial charge is 0.246 e. The fourth-order valence-electron chi connectivity index (χ4n) is 3.62. The molecule has 1 N–H and O–H groups in total. The highest BCUT2D eigenvalue weighted by molar-refractivity contribution is 5.96. The summed E-state index contributed by atoms with van der Waals surface area (Å²) in [6, 6.07) is 15.7. The first kappa shape index (κ1) is 19.6. The lowest BCUT2D eigenvalue weighted by molar-refractivity contribution is -0.116. The molecule has 0 aliphatic rings. The standard InChI is InChI=1S/C24H24N4O2/c1-15-6-5-7-21(16(15)2)26-22(29)14-28-24-23(17(3)27-28)20(12-13-25-24)18-8-10-19(30-4)11-9-18/h5-13H,14H2,1-4H3,(H,26,29). The quantitative estimate of drug-likeness (QED) is 0.528. The van der Waals surface area contributed by atoms with E-state index in [2.05, 4.69) is 15.4 Å². The van der Waals surface area contributed by atoms with Crippen LogP contribution in [0.1, 0.15) is 16.8 Å². The maximum absolute atomic E-state index is 12.7. The van der Waals surface area contributed by atoms with Crippen molar-refractivity contribution in [1.82, 2.24) is 14.8 Å². The molecule has 0 saturated carbocycles. The molecule has 152 valence electrons. The first-order chi connectivity index (χ1) is 14.5. The average Bonchev–Trinajstić information content (AvgIpc) is 3.07. The lowest BCUT2D eigenvalue weighted by Crippen LogP contribution is -2.20. The van der Waals surface area contributed by atoms with Crippen LogP contribution in [-0.4, -0.2) is 27.8 Å². The molecule has 0 spiro atoms. The monoisotopic (exact) mass is 400 g/mol. The van der Waals surface area contributed by atoms with E-state index in [0.717, 1.165) is 44.8 Å². The van der Waals surface area contributed by atoms with E-state index < -0.39 is 0 Å². The Labute approximate surface area is 175 Å². The van der Waals surface area contributed by atoms with E-state index in [9.17, 15) is 4.79 Å². The van der Waals surface area contributed by atoms with Crippen molar-refractivity contribution in [3.63, 3.8) is 0 Å². The molecule has 2 aromatic carbocycles. The maximum Gasteiger partial charge on any atom is 0.246 e. The molecule has 0 aliphatic heterocycles. The Morgan fingerprint density at radius 3 is 2.57 bits per heavy atom. The fraction of sp³-hybridized carbons (Fsp3) is 0.208. The van der Waals surface area contributed by atoms with E-state index >= 15 is 0 Å². The number of carbonyl (C=O) groups excluding carboxylic acids is 1. The second-order valence-electron chi connectivity index (χ2n) is 7.32. The predicted octanol–water partition coefficient (Wildman–Crippen LogP) is 4.67. The van der Waals surface area contributed by atoms with Gasteiger partial charge in [-0.15, -0.1) is 0 Å². The van der Waals surface area contributed by atoms with E-state index in [1.807, 2.05) is 69.3 Å². The summed E-state index contributed by atoms with van der Waals surface area (Å²) in [5.74, 6) is 0.671. The molecule has 0 radical (unpaired) electrons. The molecule has 1 amide bonds. The third kappa shape index (κ3) is 3.64. The first-order valence-corrected chi connectivity index (χ1v) is 9.80. The number of rotatable bonds is 5. The van der Waals surface area contributed by atoms with Gasteiger partial charge in [0.1, 0.15) is 12.3 Å². The van der Waals surface area contributed by atoms with Crippen LogP contribution in [-0.2, 0) is 11.3 Å². The number of hydrogen-bond acceptors (Lipinski definition) is 4. The molecule has 2 aromatic heterocycles. The number of aryl methyl sites for hydroxylation is 2. The van der Waals surface area contributed by atoms with Crippen LogP contribution in [0.25, 0.3) is 22.2 Å². The number of hydrogen-bond donors (Lipinski definition) is 1. The summed E-state index contributed by atoms with van der Waals surface area (Å²) in [5.41, 5.74) is 6.62. The van der Waals surface area contributed by atoms with E-state index in [0.29, 0.717) is 5.65 Å². The summed E-state index contributed by atoms with van der Waals surface area (Å²) in [6.45, 7) is 6.06. The molecule has 0 atom stereocenters. The van der Waals surface area contributed by atoms with Gasteiger partial charge in [0.05, 0.1) is 12.8 Å². The SMILES string of the molecule is COc1ccc(-c2ccnc3c2c(C)nn3CC(=O)Nc2cccc(C)c2C)cc1. The Balaban J connectivity index is 1.66. The van der Waals surface area contributed by atoms with Gasteiger partial charge in [-0.1, -0.05) is 24.3 Å². The Hall–Kier alpha value is -3.67. The van der Waals surface area contributed by atoms with E-state index in [1.165, 1.54) is 0 Å². The second-order valence-corrected chi connectivity index (χ2v) is 7.32. The molecule has 4 aromatic rings. The van der Waals surface area contributed by atoms with Crippen molar-refractivity contribution in [2.45, 2.75) is 27.3 Å². The van der Waals surface area contributed by atoms with Crippen molar-refractivity contribution in [3.05, 3.63) is 71.5 Å². The predicted molar refractivity (Wildman–Crippen MR) is 119 cm³/mol. The number of benzene rings is 2. The summed E-state index contributed by atoms with van der Waals surface area (Å²) in [4.78, 5) is 17.2. The number of anilines is 1. The molecule has 0 bridgehead atoms. The van der Waals surface area contributed by atoms with Gasteiger partial charge >= 0.3 is 0 Å². The van der Waals surface area contributed by atoms with Crippen molar-refractivity contribution in [1.29, 1.82) is 0 Å². The minimum Gasteiger partial charge on any atom is -0.497 e. The Kier molecular flexibility index (Phi) is 5.23. The van der Waals surface area contributed by atoms with Gasteiger partial charge in [0.15, 0.2) is 5.65 Å². The molecule has 30 heavy (non-hydrogen) atoms. The van der Waals surface area contributed by atoms with Crippen molar-refractivity contribution in [3.8, 4) is 16.9 Å². The molecule has 4 rings (SSSR count). The van der Waals surface area contributed by atoms with Gasteiger partial charge in [-0.05, 0) is 67.3 Å². The summed E-state index contributed by atoms with van der Waals surface area (Å²) in [7, 11) is 1.65. The van der Waals surface area contributed by atoms with E-state index in [4.69, 9.17) is 4.74 Å². The average molecular weight is 400 g/mol. The molecule has 6 heteroatoms. The second kappa shape index (κ2) is 7.99. The molecule has 2 heterocycles. The molecule has 6 nitrogen and oxygen atoms in total. The van der Waals surface area contributed by atoms with Crippen LogP contribution < -0.4 is 10.1 Å².